The van der Waals surface area contributed by atoms with Crippen LogP contribution in [0.1, 0.15) is 26.3 Å². The van der Waals surface area contributed by atoms with E-state index in [1.165, 1.54) is 16.4 Å². The highest BCUT2D eigenvalue weighted by atomic mass is 35.5. The molecule has 0 spiro atoms. The third kappa shape index (κ3) is 5.74. The van der Waals surface area contributed by atoms with Gasteiger partial charge in [0, 0.05) is 42.9 Å². The average Bonchev–Trinajstić information content (AvgIpc) is 2.75. The zero-order valence-corrected chi connectivity index (χ0v) is 20.4. The molecule has 2 aromatic carbocycles. The SMILES string of the molecule is Cc1ccc(Cl)cc1N1CCN(S(=O)(=O)c2ccc(O[C@H](C)C(=O)NC(C)C)cc2)CC1. The maximum Gasteiger partial charge on any atom is 0.260 e. The van der Waals surface area contributed by atoms with Crippen LogP contribution in [0.5, 0.6) is 5.75 Å². The molecular weight excluding hydrogens is 450 g/mol. The van der Waals surface area contributed by atoms with Gasteiger partial charge in [0.25, 0.3) is 5.91 Å². The van der Waals surface area contributed by atoms with Gasteiger partial charge in [0.15, 0.2) is 6.10 Å². The third-order valence-corrected chi connectivity index (χ3v) is 7.47. The zero-order valence-electron chi connectivity index (χ0n) is 18.8. The fourth-order valence-electron chi connectivity index (χ4n) is 3.59. The number of piperazine rings is 1. The molecule has 1 aliphatic rings. The molecule has 0 bridgehead atoms. The lowest BCUT2D eigenvalue weighted by Gasteiger charge is -2.36. The van der Waals surface area contributed by atoms with E-state index < -0.39 is 16.1 Å². The molecule has 3 rings (SSSR count). The van der Waals surface area contributed by atoms with Crippen LogP contribution in [-0.4, -0.2) is 57.0 Å². The van der Waals surface area contributed by atoms with Crippen LogP contribution in [0.3, 0.4) is 0 Å². The van der Waals surface area contributed by atoms with Gasteiger partial charge in [0.1, 0.15) is 5.75 Å². The fraction of sp³-hybridized carbons (Fsp3) is 0.435. The van der Waals surface area contributed by atoms with Crippen molar-refractivity contribution in [3.63, 3.8) is 0 Å². The molecule has 1 aliphatic heterocycles. The Morgan fingerprint density at radius 3 is 2.25 bits per heavy atom. The van der Waals surface area contributed by atoms with Gasteiger partial charge in [-0.3, -0.25) is 4.79 Å². The van der Waals surface area contributed by atoms with Crippen LogP contribution in [-0.2, 0) is 14.8 Å². The predicted molar refractivity (Wildman–Crippen MR) is 127 cm³/mol. The minimum absolute atomic E-state index is 0.0179. The van der Waals surface area contributed by atoms with Gasteiger partial charge in [0.05, 0.1) is 4.90 Å². The zero-order chi connectivity index (χ0) is 23.5. The molecule has 1 fully saturated rings. The molecule has 0 unspecified atom stereocenters. The summed E-state index contributed by atoms with van der Waals surface area (Å²) >= 11 is 6.14. The van der Waals surface area contributed by atoms with Crippen LogP contribution in [0.4, 0.5) is 5.69 Å². The van der Waals surface area contributed by atoms with Crippen molar-refractivity contribution < 1.29 is 17.9 Å². The molecule has 32 heavy (non-hydrogen) atoms. The second-order valence-electron chi connectivity index (χ2n) is 8.22. The molecule has 7 nitrogen and oxygen atoms in total. The molecule has 1 heterocycles. The first-order valence-electron chi connectivity index (χ1n) is 10.7. The summed E-state index contributed by atoms with van der Waals surface area (Å²) in [5.41, 5.74) is 2.14. The van der Waals surface area contributed by atoms with Gasteiger partial charge < -0.3 is 15.0 Å². The van der Waals surface area contributed by atoms with E-state index in [0.717, 1.165) is 11.3 Å². The second kappa shape index (κ2) is 10.1. The Morgan fingerprint density at radius 1 is 1.03 bits per heavy atom. The highest BCUT2D eigenvalue weighted by Crippen LogP contribution is 2.27. The lowest BCUT2D eigenvalue weighted by atomic mass is 10.1. The minimum atomic E-state index is -3.62. The van der Waals surface area contributed by atoms with Gasteiger partial charge in [-0.05, 0) is 69.7 Å². The van der Waals surface area contributed by atoms with Crippen LogP contribution in [0.2, 0.25) is 5.02 Å². The summed E-state index contributed by atoms with van der Waals surface area (Å²) < 4.78 is 33.3. The van der Waals surface area contributed by atoms with Crippen molar-refractivity contribution >= 4 is 33.2 Å². The highest BCUT2D eigenvalue weighted by molar-refractivity contribution is 7.89. The Hall–Kier alpha value is -2.29. The molecular formula is C23H30ClN3O4S. The van der Waals surface area contributed by atoms with E-state index in [1.807, 2.05) is 39.0 Å². The van der Waals surface area contributed by atoms with Crippen LogP contribution < -0.4 is 15.0 Å². The van der Waals surface area contributed by atoms with Gasteiger partial charge >= 0.3 is 0 Å². The maximum atomic E-state index is 13.1. The number of rotatable bonds is 7. The highest BCUT2D eigenvalue weighted by Gasteiger charge is 2.29. The molecule has 1 saturated heterocycles. The quantitative estimate of drug-likeness (QED) is 0.658. The van der Waals surface area contributed by atoms with Crippen LogP contribution >= 0.6 is 11.6 Å². The standard InChI is InChI=1S/C23H30ClN3O4S/c1-16(2)25-23(28)18(4)31-20-7-9-21(10-8-20)32(29,30)27-13-11-26(12-14-27)22-15-19(24)6-5-17(22)3/h5-10,15-16,18H,11-14H2,1-4H3,(H,25,28)/t18-/m1/s1. The summed E-state index contributed by atoms with van der Waals surface area (Å²) in [5, 5.41) is 3.45. The van der Waals surface area contributed by atoms with Crippen molar-refractivity contribution in [1.29, 1.82) is 0 Å². The number of halogens is 1. The van der Waals surface area contributed by atoms with Gasteiger partial charge in [-0.2, -0.15) is 4.31 Å². The molecule has 0 saturated carbocycles. The second-order valence-corrected chi connectivity index (χ2v) is 10.6. The van der Waals surface area contributed by atoms with E-state index in [1.54, 1.807) is 19.1 Å². The topological polar surface area (TPSA) is 79.0 Å². The molecule has 0 aliphatic carbocycles. The first-order chi connectivity index (χ1) is 15.1. The number of nitrogens with zero attached hydrogens (tertiary/aromatic N) is 2. The Balaban J connectivity index is 1.63. The van der Waals surface area contributed by atoms with Crippen LogP contribution in [0, 0.1) is 6.92 Å². The lowest BCUT2D eigenvalue weighted by Crippen LogP contribution is -2.48. The molecule has 174 valence electrons. The van der Waals surface area contributed by atoms with E-state index in [4.69, 9.17) is 16.3 Å². The lowest BCUT2D eigenvalue weighted by molar-refractivity contribution is -0.127. The number of aryl methyl sites for hydroxylation is 1. The van der Waals surface area contributed by atoms with E-state index in [0.29, 0.717) is 37.0 Å². The molecule has 1 atom stereocenters. The number of sulfonamides is 1. The molecule has 0 radical (unpaired) electrons. The van der Waals surface area contributed by atoms with Gasteiger partial charge in [-0.1, -0.05) is 17.7 Å². The van der Waals surface area contributed by atoms with E-state index in [9.17, 15) is 13.2 Å². The Morgan fingerprint density at radius 2 is 1.66 bits per heavy atom. The number of carbonyl (C=O) groups is 1. The molecule has 2 aromatic rings. The number of anilines is 1. The van der Waals surface area contributed by atoms with Crippen molar-refractivity contribution in [2.75, 3.05) is 31.1 Å². The Bertz CT molecular complexity index is 1050. The Kier molecular flexibility index (Phi) is 7.69. The van der Waals surface area contributed by atoms with E-state index in [2.05, 4.69) is 10.2 Å². The number of amides is 1. The number of ether oxygens (including phenoxy) is 1. The van der Waals surface area contributed by atoms with Crippen molar-refractivity contribution in [2.45, 2.75) is 44.7 Å². The van der Waals surface area contributed by atoms with Crippen molar-refractivity contribution in [2.24, 2.45) is 0 Å². The van der Waals surface area contributed by atoms with E-state index >= 15 is 0 Å². The molecule has 1 N–H and O–H groups in total. The largest absolute Gasteiger partial charge is 0.481 e. The number of carbonyl (C=O) groups excluding carboxylic acids is 1. The normalized spacial score (nSPS) is 16.1. The summed E-state index contributed by atoms with van der Waals surface area (Å²) in [7, 11) is -3.62. The summed E-state index contributed by atoms with van der Waals surface area (Å²) in [4.78, 5) is 14.4. The summed E-state index contributed by atoms with van der Waals surface area (Å²) in [5.74, 6) is 0.223. The monoisotopic (exact) mass is 479 g/mol. The van der Waals surface area contributed by atoms with Crippen molar-refractivity contribution in [1.82, 2.24) is 9.62 Å². The van der Waals surface area contributed by atoms with E-state index in [-0.39, 0.29) is 16.8 Å². The average molecular weight is 480 g/mol. The fourth-order valence-corrected chi connectivity index (χ4v) is 5.18. The summed E-state index contributed by atoms with van der Waals surface area (Å²) in [6, 6.07) is 12.0. The number of nitrogens with one attached hydrogen (secondary N) is 1. The van der Waals surface area contributed by atoms with Crippen LogP contribution in [0.25, 0.3) is 0 Å². The first-order valence-corrected chi connectivity index (χ1v) is 12.5. The van der Waals surface area contributed by atoms with Gasteiger partial charge in [-0.25, -0.2) is 8.42 Å². The third-order valence-electron chi connectivity index (χ3n) is 5.33. The number of hydrogen-bond donors (Lipinski definition) is 1. The smallest absolute Gasteiger partial charge is 0.260 e. The van der Waals surface area contributed by atoms with Gasteiger partial charge in [0.2, 0.25) is 10.0 Å². The first kappa shape index (κ1) is 24.4. The molecule has 9 heteroatoms. The molecule has 1 amide bonds. The summed E-state index contributed by atoms with van der Waals surface area (Å²) in [6.07, 6.45) is -0.678. The summed E-state index contributed by atoms with van der Waals surface area (Å²) in [6.45, 7) is 9.38. The van der Waals surface area contributed by atoms with Gasteiger partial charge in [-0.15, -0.1) is 0 Å². The van der Waals surface area contributed by atoms with Crippen molar-refractivity contribution in [3.05, 3.63) is 53.1 Å². The minimum Gasteiger partial charge on any atom is -0.481 e. The predicted octanol–water partition coefficient (Wildman–Crippen LogP) is 3.45. The van der Waals surface area contributed by atoms with Crippen molar-refractivity contribution in [3.8, 4) is 5.75 Å². The Labute approximate surface area is 195 Å². The molecule has 0 aromatic heterocycles. The maximum absolute atomic E-state index is 13.1. The number of hydrogen-bond acceptors (Lipinski definition) is 5. The number of benzene rings is 2. The van der Waals surface area contributed by atoms with Crippen LogP contribution in [0.15, 0.2) is 47.4 Å².